The lowest BCUT2D eigenvalue weighted by Crippen LogP contribution is -2.30. The summed E-state index contributed by atoms with van der Waals surface area (Å²) >= 11 is 5.34. The number of thiocarbonyl (C=S) groups is 1. The molecule has 0 bridgehead atoms. The number of ether oxygens (including phenoxy) is 2. The molecule has 0 unspecified atom stereocenters. The van der Waals surface area contributed by atoms with Crippen LogP contribution in [0.4, 0.5) is 5.69 Å². The molecule has 0 aliphatic rings. The Morgan fingerprint density at radius 2 is 1.83 bits per heavy atom. The Balaban J connectivity index is 1.78. The predicted octanol–water partition coefficient (Wildman–Crippen LogP) is 4.01. The summed E-state index contributed by atoms with van der Waals surface area (Å²) < 4.78 is 10.8. The van der Waals surface area contributed by atoms with Gasteiger partial charge in [0.1, 0.15) is 11.5 Å². The van der Waals surface area contributed by atoms with Crippen LogP contribution in [-0.4, -0.2) is 24.9 Å². The first-order valence-electron chi connectivity index (χ1n) is 8.01. The third kappa shape index (κ3) is 6.08. The molecule has 128 valence electrons. The fourth-order valence-electron chi connectivity index (χ4n) is 2.21. The van der Waals surface area contributed by atoms with E-state index in [0.29, 0.717) is 5.11 Å². The Morgan fingerprint density at radius 3 is 2.50 bits per heavy atom. The van der Waals surface area contributed by atoms with Gasteiger partial charge in [-0.25, -0.2) is 0 Å². The van der Waals surface area contributed by atoms with E-state index >= 15 is 0 Å². The highest BCUT2D eigenvalue weighted by Crippen LogP contribution is 2.18. The van der Waals surface area contributed by atoms with E-state index in [-0.39, 0.29) is 6.10 Å². The van der Waals surface area contributed by atoms with Gasteiger partial charge in [-0.15, -0.1) is 0 Å². The van der Waals surface area contributed by atoms with Gasteiger partial charge in [0, 0.05) is 18.3 Å². The molecule has 0 radical (unpaired) electrons. The molecular weight excluding hydrogens is 320 g/mol. The number of rotatable bonds is 7. The number of hydrogen-bond acceptors (Lipinski definition) is 3. The lowest BCUT2D eigenvalue weighted by molar-refractivity contribution is 0.242. The SMILES string of the molecule is COc1ccc(CCNC(=S)Nc2cccc(OC(C)C)c2)cc1. The molecule has 0 amide bonds. The largest absolute Gasteiger partial charge is 0.497 e. The molecule has 0 aliphatic heterocycles. The number of hydrogen-bond donors (Lipinski definition) is 2. The van der Waals surface area contributed by atoms with E-state index in [4.69, 9.17) is 21.7 Å². The first kappa shape index (κ1) is 18.1. The van der Waals surface area contributed by atoms with Gasteiger partial charge < -0.3 is 20.1 Å². The molecule has 24 heavy (non-hydrogen) atoms. The summed E-state index contributed by atoms with van der Waals surface area (Å²) in [6.45, 7) is 4.78. The average molecular weight is 344 g/mol. The van der Waals surface area contributed by atoms with Crippen LogP contribution >= 0.6 is 12.2 Å². The van der Waals surface area contributed by atoms with Crippen molar-refractivity contribution in [2.75, 3.05) is 19.0 Å². The summed E-state index contributed by atoms with van der Waals surface area (Å²) in [5.41, 5.74) is 2.15. The van der Waals surface area contributed by atoms with Gasteiger partial charge in [-0.1, -0.05) is 18.2 Å². The Labute approximate surface area is 149 Å². The van der Waals surface area contributed by atoms with Crippen molar-refractivity contribution >= 4 is 23.0 Å². The average Bonchev–Trinajstić information content (AvgIpc) is 2.55. The Bertz CT molecular complexity index is 657. The molecule has 0 aromatic heterocycles. The van der Waals surface area contributed by atoms with Crippen molar-refractivity contribution in [1.82, 2.24) is 5.32 Å². The molecule has 0 spiro atoms. The lowest BCUT2D eigenvalue weighted by Gasteiger charge is -2.13. The number of nitrogens with one attached hydrogen (secondary N) is 2. The maximum absolute atomic E-state index is 5.68. The van der Waals surface area contributed by atoms with Gasteiger partial charge in [0.2, 0.25) is 0 Å². The van der Waals surface area contributed by atoms with E-state index in [2.05, 4.69) is 22.8 Å². The molecule has 0 heterocycles. The molecule has 2 N–H and O–H groups in total. The van der Waals surface area contributed by atoms with Gasteiger partial charge in [0.15, 0.2) is 5.11 Å². The second-order valence-corrected chi connectivity index (χ2v) is 6.08. The quantitative estimate of drug-likeness (QED) is 0.743. The fraction of sp³-hybridized carbons (Fsp3) is 0.316. The molecule has 4 nitrogen and oxygen atoms in total. The molecule has 0 saturated carbocycles. The summed E-state index contributed by atoms with van der Waals surface area (Å²) in [6, 6.07) is 15.8. The maximum atomic E-state index is 5.68. The first-order valence-corrected chi connectivity index (χ1v) is 8.42. The van der Waals surface area contributed by atoms with Crippen LogP contribution in [0.1, 0.15) is 19.4 Å². The Kier molecular flexibility index (Phi) is 6.88. The third-order valence-corrected chi connectivity index (χ3v) is 3.57. The molecule has 5 heteroatoms. The molecule has 2 rings (SSSR count). The van der Waals surface area contributed by atoms with Crippen molar-refractivity contribution in [3.05, 3.63) is 54.1 Å². The predicted molar refractivity (Wildman–Crippen MR) is 103 cm³/mol. The highest BCUT2D eigenvalue weighted by Gasteiger charge is 2.02. The molecule has 0 aliphatic carbocycles. The van der Waals surface area contributed by atoms with Crippen LogP contribution in [0.15, 0.2) is 48.5 Å². The van der Waals surface area contributed by atoms with Crippen LogP contribution in [0.5, 0.6) is 11.5 Å². The summed E-state index contributed by atoms with van der Waals surface area (Å²) in [4.78, 5) is 0. The van der Waals surface area contributed by atoms with Crippen molar-refractivity contribution in [2.45, 2.75) is 26.4 Å². The smallest absolute Gasteiger partial charge is 0.170 e. The van der Waals surface area contributed by atoms with E-state index in [9.17, 15) is 0 Å². The van der Waals surface area contributed by atoms with E-state index in [1.165, 1.54) is 5.56 Å². The molecular formula is C19H24N2O2S. The van der Waals surface area contributed by atoms with Crippen molar-refractivity contribution in [1.29, 1.82) is 0 Å². The first-order chi connectivity index (χ1) is 11.6. The Hall–Kier alpha value is -2.27. The summed E-state index contributed by atoms with van der Waals surface area (Å²) in [6.07, 6.45) is 1.04. The van der Waals surface area contributed by atoms with E-state index < -0.39 is 0 Å². The van der Waals surface area contributed by atoms with Crippen molar-refractivity contribution in [2.24, 2.45) is 0 Å². The molecule has 2 aromatic rings. The lowest BCUT2D eigenvalue weighted by atomic mass is 10.1. The normalized spacial score (nSPS) is 10.3. The second-order valence-electron chi connectivity index (χ2n) is 5.67. The van der Waals surface area contributed by atoms with Gasteiger partial charge in [-0.2, -0.15) is 0 Å². The van der Waals surface area contributed by atoms with Crippen LogP contribution in [0.3, 0.4) is 0 Å². The van der Waals surface area contributed by atoms with Crippen LogP contribution in [0, 0.1) is 0 Å². The van der Waals surface area contributed by atoms with E-state index in [1.807, 2.05) is 50.2 Å². The zero-order chi connectivity index (χ0) is 17.4. The van der Waals surface area contributed by atoms with Gasteiger partial charge in [-0.3, -0.25) is 0 Å². The van der Waals surface area contributed by atoms with Crippen molar-refractivity contribution in [3.8, 4) is 11.5 Å². The fourth-order valence-corrected chi connectivity index (χ4v) is 2.43. The number of methoxy groups -OCH3 is 1. The van der Waals surface area contributed by atoms with Gasteiger partial charge in [0.25, 0.3) is 0 Å². The maximum Gasteiger partial charge on any atom is 0.170 e. The highest BCUT2D eigenvalue weighted by atomic mass is 32.1. The van der Waals surface area contributed by atoms with Crippen molar-refractivity contribution < 1.29 is 9.47 Å². The van der Waals surface area contributed by atoms with Gasteiger partial charge in [0.05, 0.1) is 13.2 Å². The van der Waals surface area contributed by atoms with E-state index in [1.54, 1.807) is 7.11 Å². The summed E-state index contributed by atoms with van der Waals surface area (Å²) in [5.74, 6) is 1.70. The minimum atomic E-state index is 0.148. The Morgan fingerprint density at radius 1 is 1.08 bits per heavy atom. The summed E-state index contributed by atoms with van der Waals surface area (Å²) in [7, 11) is 1.67. The minimum absolute atomic E-state index is 0.148. The van der Waals surface area contributed by atoms with Gasteiger partial charge >= 0.3 is 0 Å². The molecule has 0 saturated heterocycles. The second kappa shape index (κ2) is 9.13. The number of anilines is 1. The summed E-state index contributed by atoms with van der Waals surface area (Å²) in [5, 5.41) is 7.00. The van der Waals surface area contributed by atoms with Crippen LogP contribution < -0.4 is 20.1 Å². The zero-order valence-corrected chi connectivity index (χ0v) is 15.2. The van der Waals surface area contributed by atoms with Crippen LogP contribution in [0.25, 0.3) is 0 Å². The standard InChI is InChI=1S/C19H24N2O2S/c1-14(2)23-18-6-4-5-16(13-18)21-19(24)20-12-11-15-7-9-17(22-3)10-8-15/h4-10,13-14H,11-12H2,1-3H3,(H2,20,21,24). The van der Waals surface area contributed by atoms with Crippen molar-refractivity contribution in [3.63, 3.8) is 0 Å². The van der Waals surface area contributed by atoms with Crippen LogP contribution in [-0.2, 0) is 6.42 Å². The molecule has 0 fully saturated rings. The van der Waals surface area contributed by atoms with Gasteiger partial charge in [-0.05, 0) is 62.3 Å². The van der Waals surface area contributed by atoms with E-state index in [0.717, 1.165) is 30.2 Å². The molecule has 2 aromatic carbocycles. The minimum Gasteiger partial charge on any atom is -0.497 e. The highest BCUT2D eigenvalue weighted by molar-refractivity contribution is 7.80. The number of benzene rings is 2. The zero-order valence-electron chi connectivity index (χ0n) is 14.3. The molecule has 0 atom stereocenters. The van der Waals surface area contributed by atoms with Crippen LogP contribution in [0.2, 0.25) is 0 Å². The monoisotopic (exact) mass is 344 g/mol. The third-order valence-electron chi connectivity index (χ3n) is 3.32. The topological polar surface area (TPSA) is 42.5 Å².